The summed E-state index contributed by atoms with van der Waals surface area (Å²) < 4.78 is 0. The van der Waals surface area contributed by atoms with Crippen molar-refractivity contribution in [2.45, 2.75) is 32.7 Å². The van der Waals surface area contributed by atoms with E-state index in [-0.39, 0.29) is 0 Å². The number of rotatable bonds is 3. The molecule has 1 fully saturated rings. The van der Waals surface area contributed by atoms with Crippen LogP contribution in [0.25, 0.3) is 0 Å². The minimum Gasteiger partial charge on any atom is -0.313 e. The maximum absolute atomic E-state index is 3.65. The lowest BCUT2D eigenvalue weighted by Gasteiger charge is -2.35. The average molecular weight is 184 g/mol. The van der Waals surface area contributed by atoms with Crippen LogP contribution in [0.2, 0.25) is 0 Å². The molecule has 0 radical (unpaired) electrons. The van der Waals surface area contributed by atoms with Gasteiger partial charge in [-0.05, 0) is 45.3 Å². The van der Waals surface area contributed by atoms with E-state index in [9.17, 15) is 0 Å². The normalized spacial score (nSPS) is 32.1. The van der Waals surface area contributed by atoms with Crippen LogP contribution in [0.1, 0.15) is 26.7 Å². The minimum absolute atomic E-state index is 0.733. The van der Waals surface area contributed by atoms with Gasteiger partial charge in [-0.3, -0.25) is 0 Å². The van der Waals surface area contributed by atoms with Crippen molar-refractivity contribution in [3.63, 3.8) is 0 Å². The summed E-state index contributed by atoms with van der Waals surface area (Å²) in [5.74, 6) is 1.62. The van der Waals surface area contributed by atoms with Crippen LogP contribution in [0.15, 0.2) is 0 Å². The maximum Gasteiger partial charge on any atom is 0.0130 e. The first-order chi connectivity index (χ1) is 6.11. The summed E-state index contributed by atoms with van der Waals surface area (Å²) in [6, 6.07) is 0.733. The summed E-state index contributed by atoms with van der Waals surface area (Å²) in [6.07, 6.45) is 2.75. The third kappa shape index (κ3) is 3.28. The van der Waals surface area contributed by atoms with Gasteiger partial charge in [0.2, 0.25) is 0 Å². The maximum atomic E-state index is 3.65. The lowest BCUT2D eigenvalue weighted by atomic mass is 9.84. The van der Waals surface area contributed by atoms with Crippen LogP contribution >= 0.6 is 0 Å². The Morgan fingerprint density at radius 3 is 2.69 bits per heavy atom. The number of hydrogen-bond acceptors (Lipinski definition) is 2. The molecule has 0 spiro atoms. The molecule has 1 heterocycles. The molecule has 13 heavy (non-hydrogen) atoms. The molecule has 0 aromatic heterocycles. The molecule has 0 bridgehead atoms. The van der Waals surface area contributed by atoms with Crippen LogP contribution in [0.5, 0.6) is 0 Å². The van der Waals surface area contributed by atoms with Gasteiger partial charge in [-0.1, -0.05) is 13.8 Å². The first-order valence-corrected chi connectivity index (χ1v) is 5.49. The van der Waals surface area contributed by atoms with E-state index < -0.39 is 0 Å². The Bertz CT molecular complexity index is 145. The molecule has 2 heteroatoms. The molecule has 3 atom stereocenters. The van der Waals surface area contributed by atoms with E-state index in [1.54, 1.807) is 0 Å². The van der Waals surface area contributed by atoms with Gasteiger partial charge in [0.1, 0.15) is 0 Å². The van der Waals surface area contributed by atoms with Crippen molar-refractivity contribution in [3.05, 3.63) is 0 Å². The second-order valence-corrected chi connectivity index (χ2v) is 4.84. The van der Waals surface area contributed by atoms with E-state index in [4.69, 9.17) is 0 Å². The van der Waals surface area contributed by atoms with Crippen LogP contribution in [-0.4, -0.2) is 38.1 Å². The highest BCUT2D eigenvalue weighted by Gasteiger charge is 2.25. The zero-order valence-electron chi connectivity index (χ0n) is 9.51. The molecule has 0 aromatic carbocycles. The van der Waals surface area contributed by atoms with Gasteiger partial charge in [-0.15, -0.1) is 0 Å². The van der Waals surface area contributed by atoms with E-state index in [2.05, 4.69) is 38.2 Å². The lowest BCUT2D eigenvalue weighted by molar-refractivity contribution is 0.197. The zero-order chi connectivity index (χ0) is 9.84. The molecule has 1 aliphatic rings. The number of piperidine rings is 1. The highest BCUT2D eigenvalue weighted by atomic mass is 15.1. The Labute approximate surface area is 82.7 Å². The topological polar surface area (TPSA) is 15.3 Å². The summed E-state index contributed by atoms with van der Waals surface area (Å²) in [4.78, 5) is 2.29. The SMILES string of the molecule is CC1CCCNC1C(C)CN(C)C. The Kier molecular flexibility index (Phi) is 4.20. The van der Waals surface area contributed by atoms with Crippen LogP contribution in [0, 0.1) is 11.8 Å². The molecule has 1 aliphatic heterocycles. The van der Waals surface area contributed by atoms with Crippen molar-refractivity contribution in [3.8, 4) is 0 Å². The predicted octanol–water partition coefficient (Wildman–Crippen LogP) is 1.57. The van der Waals surface area contributed by atoms with Gasteiger partial charge < -0.3 is 10.2 Å². The lowest BCUT2D eigenvalue weighted by Crippen LogP contribution is -2.47. The van der Waals surface area contributed by atoms with Gasteiger partial charge >= 0.3 is 0 Å². The highest BCUT2D eigenvalue weighted by Crippen LogP contribution is 2.21. The molecule has 1 rings (SSSR count). The molecule has 1 saturated heterocycles. The second-order valence-electron chi connectivity index (χ2n) is 4.84. The van der Waals surface area contributed by atoms with Crippen LogP contribution in [-0.2, 0) is 0 Å². The number of hydrogen-bond donors (Lipinski definition) is 1. The number of nitrogens with one attached hydrogen (secondary N) is 1. The van der Waals surface area contributed by atoms with Gasteiger partial charge in [0, 0.05) is 12.6 Å². The van der Waals surface area contributed by atoms with E-state index in [1.165, 1.54) is 25.9 Å². The van der Waals surface area contributed by atoms with Crippen molar-refractivity contribution in [2.24, 2.45) is 11.8 Å². The van der Waals surface area contributed by atoms with Crippen molar-refractivity contribution in [1.29, 1.82) is 0 Å². The second kappa shape index (κ2) is 4.97. The summed E-state index contributed by atoms with van der Waals surface area (Å²) in [6.45, 7) is 7.15. The minimum atomic E-state index is 0.733. The smallest absolute Gasteiger partial charge is 0.0130 e. The fraction of sp³-hybridized carbons (Fsp3) is 1.00. The molecule has 0 amide bonds. The van der Waals surface area contributed by atoms with Crippen LogP contribution in [0.3, 0.4) is 0 Å². The van der Waals surface area contributed by atoms with Gasteiger partial charge in [-0.25, -0.2) is 0 Å². The molecule has 0 aliphatic carbocycles. The summed E-state index contributed by atoms with van der Waals surface area (Å²) in [5, 5.41) is 3.65. The van der Waals surface area contributed by atoms with Crippen LogP contribution in [0.4, 0.5) is 0 Å². The highest BCUT2D eigenvalue weighted by molar-refractivity contribution is 4.83. The van der Waals surface area contributed by atoms with Gasteiger partial charge in [0.25, 0.3) is 0 Å². The first kappa shape index (κ1) is 11.0. The largest absolute Gasteiger partial charge is 0.313 e. The van der Waals surface area contributed by atoms with Crippen molar-refractivity contribution >= 4 is 0 Å². The molecule has 2 nitrogen and oxygen atoms in total. The van der Waals surface area contributed by atoms with Crippen LogP contribution < -0.4 is 5.32 Å². The quantitative estimate of drug-likeness (QED) is 0.716. The molecular formula is C11H24N2. The van der Waals surface area contributed by atoms with Gasteiger partial charge in [0.15, 0.2) is 0 Å². The van der Waals surface area contributed by atoms with E-state index in [0.717, 1.165) is 17.9 Å². The van der Waals surface area contributed by atoms with Gasteiger partial charge in [-0.2, -0.15) is 0 Å². The Morgan fingerprint density at radius 2 is 2.15 bits per heavy atom. The van der Waals surface area contributed by atoms with Crippen molar-refractivity contribution < 1.29 is 0 Å². The van der Waals surface area contributed by atoms with E-state index >= 15 is 0 Å². The summed E-state index contributed by atoms with van der Waals surface area (Å²) >= 11 is 0. The molecule has 0 aromatic rings. The van der Waals surface area contributed by atoms with Crippen molar-refractivity contribution in [2.75, 3.05) is 27.2 Å². The predicted molar refractivity (Wildman–Crippen MR) is 57.9 cm³/mol. The molecular weight excluding hydrogens is 160 g/mol. The molecule has 0 saturated carbocycles. The summed E-state index contributed by atoms with van der Waals surface area (Å²) in [5.41, 5.74) is 0. The fourth-order valence-electron chi connectivity index (χ4n) is 2.53. The molecule has 78 valence electrons. The third-order valence-electron chi connectivity index (χ3n) is 3.10. The fourth-order valence-corrected chi connectivity index (χ4v) is 2.53. The Hall–Kier alpha value is -0.0800. The Morgan fingerprint density at radius 1 is 1.46 bits per heavy atom. The average Bonchev–Trinajstić information content (AvgIpc) is 2.03. The van der Waals surface area contributed by atoms with E-state index in [0.29, 0.717) is 0 Å². The standard InChI is InChI=1S/C11H24N2/c1-9-6-5-7-12-11(9)10(2)8-13(3)4/h9-12H,5-8H2,1-4H3. The van der Waals surface area contributed by atoms with E-state index in [1.807, 2.05) is 0 Å². The molecule has 3 unspecified atom stereocenters. The van der Waals surface area contributed by atoms with Gasteiger partial charge in [0.05, 0.1) is 0 Å². The number of nitrogens with zero attached hydrogens (tertiary/aromatic N) is 1. The molecule has 1 N–H and O–H groups in total. The van der Waals surface area contributed by atoms with Crippen molar-refractivity contribution in [1.82, 2.24) is 10.2 Å². The monoisotopic (exact) mass is 184 g/mol. The Balaban J connectivity index is 2.39. The summed E-state index contributed by atoms with van der Waals surface area (Å²) in [7, 11) is 4.31. The zero-order valence-corrected chi connectivity index (χ0v) is 9.51. The third-order valence-corrected chi connectivity index (χ3v) is 3.10. The first-order valence-electron chi connectivity index (χ1n) is 5.49.